The predicted molar refractivity (Wildman–Crippen MR) is 118 cm³/mol. The smallest absolute Gasteiger partial charge is 0.264 e. The van der Waals surface area contributed by atoms with Gasteiger partial charge in [0.05, 0.1) is 17.2 Å². The van der Waals surface area contributed by atoms with E-state index >= 15 is 0 Å². The van der Waals surface area contributed by atoms with E-state index in [0.29, 0.717) is 18.0 Å². The second kappa shape index (κ2) is 9.61. The van der Waals surface area contributed by atoms with Crippen LogP contribution in [0.1, 0.15) is 12.5 Å². The number of aryl methyl sites for hydroxylation is 1. The molecule has 3 aromatic rings. The van der Waals surface area contributed by atoms with Crippen LogP contribution >= 0.6 is 0 Å². The summed E-state index contributed by atoms with van der Waals surface area (Å²) in [4.78, 5) is 12.7. The molecule has 0 saturated carbocycles. The van der Waals surface area contributed by atoms with Gasteiger partial charge in [-0.3, -0.25) is 9.10 Å². The number of amides is 1. The third-order valence-electron chi connectivity index (χ3n) is 4.44. The monoisotopic (exact) mass is 442 g/mol. The molecule has 3 rings (SSSR count). The summed E-state index contributed by atoms with van der Waals surface area (Å²) in [5.74, 6) is -0.553. The molecule has 0 aliphatic rings. The van der Waals surface area contributed by atoms with Crippen molar-refractivity contribution in [2.24, 2.45) is 0 Å². The first-order valence-electron chi connectivity index (χ1n) is 9.67. The first-order valence-corrected chi connectivity index (χ1v) is 11.1. The van der Waals surface area contributed by atoms with Gasteiger partial charge in [0, 0.05) is 5.69 Å². The van der Waals surface area contributed by atoms with Crippen LogP contribution in [0, 0.1) is 12.7 Å². The van der Waals surface area contributed by atoms with Crippen molar-refractivity contribution < 1.29 is 22.3 Å². The molecular weight excluding hydrogens is 419 g/mol. The number of carbonyl (C=O) groups is 1. The van der Waals surface area contributed by atoms with Crippen molar-refractivity contribution in [3.8, 4) is 5.75 Å². The van der Waals surface area contributed by atoms with Crippen LogP contribution in [-0.4, -0.2) is 27.5 Å². The second-order valence-corrected chi connectivity index (χ2v) is 8.67. The van der Waals surface area contributed by atoms with E-state index < -0.39 is 28.3 Å². The zero-order valence-corrected chi connectivity index (χ0v) is 18.0. The number of rotatable bonds is 8. The number of nitrogens with one attached hydrogen (secondary N) is 1. The van der Waals surface area contributed by atoms with E-state index in [1.54, 1.807) is 36.4 Å². The summed E-state index contributed by atoms with van der Waals surface area (Å²) >= 11 is 0. The van der Waals surface area contributed by atoms with Crippen LogP contribution in [0.4, 0.5) is 15.8 Å². The molecule has 162 valence electrons. The summed E-state index contributed by atoms with van der Waals surface area (Å²) in [5.41, 5.74) is 1.53. The summed E-state index contributed by atoms with van der Waals surface area (Å²) < 4.78 is 46.6. The van der Waals surface area contributed by atoms with E-state index in [1.165, 1.54) is 30.3 Å². The number of carbonyl (C=O) groups excluding carboxylic acids is 1. The lowest BCUT2D eigenvalue weighted by atomic mass is 10.2. The molecule has 31 heavy (non-hydrogen) atoms. The van der Waals surface area contributed by atoms with E-state index in [-0.39, 0.29) is 10.6 Å². The number of hydrogen-bond acceptors (Lipinski definition) is 4. The molecule has 0 aliphatic heterocycles. The van der Waals surface area contributed by atoms with E-state index in [9.17, 15) is 17.6 Å². The molecule has 0 fully saturated rings. The standard InChI is InChI=1S/C23H23FN2O4S/c1-3-30-21-11-13-22(14-12-21)31(28,29)26(20-9-7-17(2)8-10-20)16-23(27)25-19-6-4-5-18(24)15-19/h4-15H,3,16H2,1-2H3,(H,25,27). The molecular formula is C23H23FN2O4S. The largest absolute Gasteiger partial charge is 0.494 e. The van der Waals surface area contributed by atoms with Crippen molar-refractivity contribution in [3.63, 3.8) is 0 Å². The maximum absolute atomic E-state index is 13.4. The van der Waals surface area contributed by atoms with E-state index in [2.05, 4.69) is 5.32 Å². The summed E-state index contributed by atoms with van der Waals surface area (Å²) in [6, 6.07) is 18.2. The van der Waals surface area contributed by atoms with E-state index in [1.807, 2.05) is 13.8 Å². The van der Waals surface area contributed by atoms with Crippen molar-refractivity contribution in [1.82, 2.24) is 0 Å². The third-order valence-corrected chi connectivity index (χ3v) is 6.23. The first-order chi connectivity index (χ1) is 14.8. The fraction of sp³-hybridized carbons (Fsp3) is 0.174. The number of halogens is 1. The van der Waals surface area contributed by atoms with Crippen LogP contribution < -0.4 is 14.4 Å². The Labute approximate surface area is 181 Å². The molecule has 0 unspecified atom stereocenters. The van der Waals surface area contributed by atoms with Gasteiger partial charge in [0.25, 0.3) is 10.0 Å². The molecule has 1 amide bonds. The van der Waals surface area contributed by atoms with Crippen molar-refractivity contribution in [2.45, 2.75) is 18.7 Å². The molecule has 3 aromatic carbocycles. The summed E-state index contributed by atoms with van der Waals surface area (Å²) in [5, 5.41) is 2.54. The molecule has 0 radical (unpaired) electrons. The number of nitrogens with zero attached hydrogens (tertiary/aromatic N) is 1. The van der Waals surface area contributed by atoms with Gasteiger partial charge >= 0.3 is 0 Å². The number of benzene rings is 3. The highest BCUT2D eigenvalue weighted by atomic mass is 32.2. The minimum absolute atomic E-state index is 0.0232. The summed E-state index contributed by atoms with van der Waals surface area (Å²) in [7, 11) is -4.05. The van der Waals surface area contributed by atoms with Gasteiger partial charge in [0.1, 0.15) is 18.1 Å². The topological polar surface area (TPSA) is 75.7 Å². The fourth-order valence-electron chi connectivity index (χ4n) is 2.92. The van der Waals surface area contributed by atoms with Crippen molar-refractivity contribution >= 4 is 27.3 Å². The SMILES string of the molecule is CCOc1ccc(S(=O)(=O)N(CC(=O)Nc2cccc(F)c2)c2ccc(C)cc2)cc1. The third kappa shape index (κ3) is 5.61. The second-order valence-electron chi connectivity index (χ2n) is 6.81. The fourth-order valence-corrected chi connectivity index (χ4v) is 4.35. The quantitative estimate of drug-likeness (QED) is 0.562. The Morgan fingerprint density at radius 2 is 1.71 bits per heavy atom. The lowest BCUT2D eigenvalue weighted by molar-refractivity contribution is -0.114. The molecule has 0 spiro atoms. The Kier molecular flexibility index (Phi) is 6.91. The normalized spacial score (nSPS) is 11.1. The minimum Gasteiger partial charge on any atom is -0.494 e. The summed E-state index contributed by atoms with van der Waals surface area (Å²) in [6.07, 6.45) is 0. The molecule has 1 N–H and O–H groups in total. The van der Waals surface area contributed by atoms with Crippen LogP contribution in [0.5, 0.6) is 5.75 Å². The molecule has 8 heteroatoms. The van der Waals surface area contributed by atoms with Crippen LogP contribution in [0.15, 0.2) is 77.7 Å². The Hall–Kier alpha value is -3.39. The highest BCUT2D eigenvalue weighted by molar-refractivity contribution is 7.92. The molecule has 6 nitrogen and oxygen atoms in total. The molecule has 0 saturated heterocycles. The van der Waals surface area contributed by atoms with Crippen LogP contribution in [0.3, 0.4) is 0 Å². The Bertz CT molecular complexity index is 1150. The minimum atomic E-state index is -4.05. The molecule has 0 atom stereocenters. The zero-order chi connectivity index (χ0) is 22.4. The Morgan fingerprint density at radius 1 is 1.03 bits per heavy atom. The molecule has 0 aromatic heterocycles. The average molecular weight is 443 g/mol. The van der Waals surface area contributed by atoms with Crippen molar-refractivity contribution in [2.75, 3.05) is 22.8 Å². The lowest BCUT2D eigenvalue weighted by Crippen LogP contribution is -2.38. The number of hydrogen-bond donors (Lipinski definition) is 1. The van der Waals surface area contributed by atoms with Gasteiger partial charge in [-0.05, 0) is 68.4 Å². The van der Waals surface area contributed by atoms with Gasteiger partial charge < -0.3 is 10.1 Å². The first kappa shape index (κ1) is 22.3. The van der Waals surface area contributed by atoms with Crippen molar-refractivity contribution in [3.05, 3.63) is 84.2 Å². The number of anilines is 2. The van der Waals surface area contributed by atoms with Crippen LogP contribution in [0.2, 0.25) is 0 Å². The molecule has 0 aliphatic carbocycles. The van der Waals surface area contributed by atoms with Gasteiger partial charge in [-0.25, -0.2) is 12.8 Å². The highest BCUT2D eigenvalue weighted by Crippen LogP contribution is 2.26. The number of ether oxygens (including phenoxy) is 1. The maximum Gasteiger partial charge on any atom is 0.264 e. The molecule has 0 heterocycles. The highest BCUT2D eigenvalue weighted by Gasteiger charge is 2.27. The maximum atomic E-state index is 13.4. The summed E-state index contributed by atoms with van der Waals surface area (Å²) in [6.45, 7) is 3.70. The van der Waals surface area contributed by atoms with Gasteiger partial charge in [-0.2, -0.15) is 0 Å². The lowest BCUT2D eigenvalue weighted by Gasteiger charge is -2.24. The van der Waals surface area contributed by atoms with Gasteiger partial charge in [0.2, 0.25) is 5.91 Å². The Morgan fingerprint density at radius 3 is 2.32 bits per heavy atom. The van der Waals surface area contributed by atoms with Gasteiger partial charge in [-0.1, -0.05) is 23.8 Å². The van der Waals surface area contributed by atoms with Gasteiger partial charge in [0.15, 0.2) is 0 Å². The van der Waals surface area contributed by atoms with E-state index in [0.717, 1.165) is 15.9 Å². The average Bonchev–Trinajstić information content (AvgIpc) is 2.73. The van der Waals surface area contributed by atoms with Crippen molar-refractivity contribution in [1.29, 1.82) is 0 Å². The van der Waals surface area contributed by atoms with Crippen LogP contribution in [-0.2, 0) is 14.8 Å². The zero-order valence-electron chi connectivity index (χ0n) is 17.2. The van der Waals surface area contributed by atoms with Crippen LogP contribution in [0.25, 0.3) is 0 Å². The Balaban J connectivity index is 1.92. The number of sulfonamides is 1. The molecule has 0 bridgehead atoms. The van der Waals surface area contributed by atoms with Gasteiger partial charge in [-0.15, -0.1) is 0 Å². The van der Waals surface area contributed by atoms with E-state index in [4.69, 9.17) is 4.74 Å². The predicted octanol–water partition coefficient (Wildman–Crippen LogP) is 4.37.